The van der Waals surface area contributed by atoms with E-state index in [9.17, 15) is 4.79 Å². The monoisotopic (exact) mass is 610 g/mol. The second-order valence-electron chi connectivity index (χ2n) is 11.1. The van der Waals surface area contributed by atoms with Gasteiger partial charge in [0, 0.05) is 6.92 Å². The second kappa shape index (κ2) is 17.6. The zero-order valence-corrected chi connectivity index (χ0v) is 25.7. The average molecular weight is 611 g/mol. The lowest BCUT2D eigenvalue weighted by atomic mass is 9.97. The van der Waals surface area contributed by atoms with Gasteiger partial charge in [0.25, 0.3) is 0 Å². The number of carbonyl (C=O) groups is 1. The molecule has 0 N–H and O–H groups in total. The van der Waals surface area contributed by atoms with Crippen LogP contribution in [0.5, 0.6) is 0 Å². The van der Waals surface area contributed by atoms with Gasteiger partial charge in [-0.2, -0.15) is 0 Å². The van der Waals surface area contributed by atoms with E-state index in [-0.39, 0.29) is 6.61 Å². The molecule has 7 nitrogen and oxygen atoms in total. The predicted molar refractivity (Wildman–Crippen MR) is 171 cm³/mol. The van der Waals surface area contributed by atoms with Crippen LogP contribution in [0.15, 0.2) is 121 Å². The third kappa shape index (κ3) is 10.3. The molecule has 4 aromatic carbocycles. The van der Waals surface area contributed by atoms with E-state index >= 15 is 0 Å². The fourth-order valence-corrected chi connectivity index (χ4v) is 5.33. The zero-order chi connectivity index (χ0) is 31.1. The van der Waals surface area contributed by atoms with Crippen LogP contribution < -0.4 is 0 Å². The van der Waals surface area contributed by atoms with Crippen molar-refractivity contribution in [3.63, 3.8) is 0 Å². The van der Waals surface area contributed by atoms with Crippen molar-refractivity contribution < 1.29 is 33.2 Å². The van der Waals surface area contributed by atoms with Crippen molar-refractivity contribution >= 4 is 5.97 Å². The van der Waals surface area contributed by atoms with E-state index in [0.717, 1.165) is 29.5 Å². The van der Waals surface area contributed by atoms with Gasteiger partial charge in [0.1, 0.15) is 31.0 Å². The zero-order valence-electron chi connectivity index (χ0n) is 25.7. The standard InChI is InChI=1S/C38H42O7/c1-29(39)41-28-34-35(42-25-31-17-8-3-9-18-31)36(43-26-32-19-10-4-11-20-32)37(44-27-33-21-12-5-13-22-33)38(45-34)40-24-14-23-30-15-6-2-7-16-30/h2-13,15-22,34-38H,14,23-28H2,1H3/t34-,35-,36+,37-,38?/m1/s1. The van der Waals surface area contributed by atoms with Gasteiger partial charge in [0.2, 0.25) is 0 Å². The molecule has 0 radical (unpaired) electrons. The van der Waals surface area contributed by atoms with Crippen LogP contribution in [0.2, 0.25) is 0 Å². The Hall–Kier alpha value is -3.85. The maximum Gasteiger partial charge on any atom is 0.302 e. The first kappa shape index (κ1) is 32.5. The number of aryl methyl sites for hydroxylation is 1. The minimum absolute atomic E-state index is 0.00470. The Bertz CT molecular complexity index is 1390. The highest BCUT2D eigenvalue weighted by molar-refractivity contribution is 5.65. The van der Waals surface area contributed by atoms with Crippen LogP contribution in [0.25, 0.3) is 0 Å². The molecular weight excluding hydrogens is 568 g/mol. The fraction of sp³-hybridized carbons (Fsp3) is 0.342. The van der Waals surface area contributed by atoms with Crippen molar-refractivity contribution in [1.29, 1.82) is 0 Å². The van der Waals surface area contributed by atoms with E-state index in [0.29, 0.717) is 26.4 Å². The number of hydrogen-bond donors (Lipinski definition) is 0. The lowest BCUT2D eigenvalue weighted by Gasteiger charge is -2.45. The Morgan fingerprint density at radius 1 is 0.578 bits per heavy atom. The van der Waals surface area contributed by atoms with E-state index in [1.807, 2.05) is 109 Å². The summed E-state index contributed by atoms with van der Waals surface area (Å²) in [5.41, 5.74) is 4.29. The van der Waals surface area contributed by atoms with E-state index < -0.39 is 36.7 Å². The van der Waals surface area contributed by atoms with Gasteiger partial charge in [0.15, 0.2) is 6.29 Å². The Kier molecular flexibility index (Phi) is 12.7. The van der Waals surface area contributed by atoms with Crippen LogP contribution in [-0.2, 0) is 59.5 Å². The van der Waals surface area contributed by atoms with Gasteiger partial charge in [0.05, 0.1) is 26.4 Å². The highest BCUT2D eigenvalue weighted by Gasteiger charge is 2.49. The molecule has 5 atom stereocenters. The first-order valence-electron chi connectivity index (χ1n) is 15.6. The Labute approximate surface area is 266 Å². The summed E-state index contributed by atoms with van der Waals surface area (Å²) < 4.78 is 38.2. The number of esters is 1. The Morgan fingerprint density at radius 3 is 1.51 bits per heavy atom. The molecule has 0 saturated carbocycles. The summed E-state index contributed by atoms with van der Waals surface area (Å²) in [5, 5.41) is 0. The molecule has 1 saturated heterocycles. The molecule has 0 bridgehead atoms. The fourth-order valence-electron chi connectivity index (χ4n) is 5.33. The lowest BCUT2D eigenvalue weighted by molar-refractivity contribution is -0.327. The van der Waals surface area contributed by atoms with E-state index in [2.05, 4.69) is 12.1 Å². The van der Waals surface area contributed by atoms with Crippen molar-refractivity contribution in [2.75, 3.05) is 13.2 Å². The summed E-state index contributed by atoms with van der Waals surface area (Å²) in [7, 11) is 0. The molecule has 5 rings (SSSR count). The molecule has 4 aromatic rings. The van der Waals surface area contributed by atoms with Gasteiger partial charge in [-0.3, -0.25) is 4.79 Å². The molecule has 1 aliphatic heterocycles. The third-order valence-electron chi connectivity index (χ3n) is 7.63. The molecule has 0 amide bonds. The minimum Gasteiger partial charge on any atom is -0.463 e. The molecule has 45 heavy (non-hydrogen) atoms. The maximum absolute atomic E-state index is 11.9. The van der Waals surface area contributed by atoms with Crippen molar-refractivity contribution in [1.82, 2.24) is 0 Å². The van der Waals surface area contributed by atoms with Gasteiger partial charge in [-0.05, 0) is 35.1 Å². The summed E-state index contributed by atoms with van der Waals surface area (Å²) in [6.07, 6.45) is -1.58. The van der Waals surface area contributed by atoms with Crippen LogP contribution in [0.3, 0.4) is 0 Å². The quantitative estimate of drug-likeness (QED) is 0.104. The number of benzene rings is 4. The van der Waals surface area contributed by atoms with E-state index in [1.54, 1.807) is 0 Å². The number of hydrogen-bond acceptors (Lipinski definition) is 7. The van der Waals surface area contributed by atoms with Gasteiger partial charge >= 0.3 is 5.97 Å². The normalized spacial score (nSPS) is 21.3. The van der Waals surface area contributed by atoms with Crippen molar-refractivity contribution in [3.05, 3.63) is 144 Å². The summed E-state index contributed by atoms with van der Waals surface area (Å²) in [6, 6.07) is 40.2. The van der Waals surface area contributed by atoms with Crippen LogP contribution in [0, 0.1) is 0 Å². The second-order valence-corrected chi connectivity index (χ2v) is 11.1. The molecule has 0 aliphatic carbocycles. The first-order chi connectivity index (χ1) is 22.2. The number of carbonyl (C=O) groups excluding carboxylic acids is 1. The molecular formula is C38H42O7. The molecule has 1 fully saturated rings. The van der Waals surface area contributed by atoms with Crippen LogP contribution in [0.1, 0.15) is 35.6 Å². The molecule has 1 heterocycles. The van der Waals surface area contributed by atoms with Crippen LogP contribution >= 0.6 is 0 Å². The predicted octanol–water partition coefficient (Wildman–Crippen LogP) is 6.68. The van der Waals surface area contributed by atoms with Crippen molar-refractivity contribution in [3.8, 4) is 0 Å². The van der Waals surface area contributed by atoms with Crippen molar-refractivity contribution in [2.24, 2.45) is 0 Å². The number of rotatable bonds is 16. The lowest BCUT2D eigenvalue weighted by Crippen LogP contribution is -2.62. The summed E-state index contributed by atoms with van der Waals surface area (Å²) in [4.78, 5) is 11.9. The molecule has 236 valence electrons. The largest absolute Gasteiger partial charge is 0.463 e. The molecule has 1 unspecified atom stereocenters. The van der Waals surface area contributed by atoms with Gasteiger partial charge in [-0.25, -0.2) is 0 Å². The molecule has 0 spiro atoms. The molecule has 0 aromatic heterocycles. The van der Waals surface area contributed by atoms with E-state index in [1.165, 1.54) is 12.5 Å². The summed E-state index contributed by atoms with van der Waals surface area (Å²) in [6.45, 7) is 2.83. The van der Waals surface area contributed by atoms with Crippen LogP contribution in [-0.4, -0.2) is 49.9 Å². The Morgan fingerprint density at radius 2 is 1.02 bits per heavy atom. The molecule has 1 aliphatic rings. The molecule has 7 heteroatoms. The summed E-state index contributed by atoms with van der Waals surface area (Å²) in [5.74, 6) is -0.398. The topological polar surface area (TPSA) is 72.5 Å². The van der Waals surface area contributed by atoms with Crippen molar-refractivity contribution in [2.45, 2.75) is 70.3 Å². The summed E-state index contributed by atoms with van der Waals surface area (Å²) >= 11 is 0. The number of ether oxygens (including phenoxy) is 6. The highest BCUT2D eigenvalue weighted by Crippen LogP contribution is 2.31. The average Bonchev–Trinajstić information content (AvgIpc) is 3.08. The SMILES string of the molecule is CC(=O)OC[C@H]1OC(OCCCc2ccccc2)[C@H](OCc2ccccc2)[C@@H](OCc2ccccc2)[C@@H]1OCc1ccccc1. The smallest absolute Gasteiger partial charge is 0.302 e. The maximum atomic E-state index is 11.9. The van der Waals surface area contributed by atoms with Gasteiger partial charge in [-0.1, -0.05) is 121 Å². The minimum atomic E-state index is -0.776. The highest BCUT2D eigenvalue weighted by atomic mass is 16.7. The first-order valence-corrected chi connectivity index (χ1v) is 15.6. The Balaban J connectivity index is 1.40. The third-order valence-corrected chi connectivity index (χ3v) is 7.63. The van der Waals surface area contributed by atoms with E-state index in [4.69, 9.17) is 28.4 Å². The van der Waals surface area contributed by atoms with Gasteiger partial charge < -0.3 is 28.4 Å². The van der Waals surface area contributed by atoms with Crippen LogP contribution in [0.4, 0.5) is 0 Å². The van der Waals surface area contributed by atoms with Gasteiger partial charge in [-0.15, -0.1) is 0 Å².